The molecule has 0 radical (unpaired) electrons. The molecule has 0 bridgehead atoms. The Balaban J connectivity index is 2.38. The van der Waals surface area contributed by atoms with Crippen LogP contribution in [0.3, 0.4) is 0 Å². The minimum atomic E-state index is -0.424. The van der Waals surface area contributed by atoms with Crippen molar-refractivity contribution in [2.75, 3.05) is 0 Å². The summed E-state index contributed by atoms with van der Waals surface area (Å²) in [5.74, 6) is 0. The molecule has 0 amide bonds. The lowest BCUT2D eigenvalue weighted by atomic mass is 10.2. The molecular formula is C12H6ClNOS. The van der Waals surface area contributed by atoms with Gasteiger partial charge in [0.1, 0.15) is 4.83 Å². The van der Waals surface area contributed by atoms with E-state index in [1.54, 1.807) is 6.07 Å². The maximum Gasteiger partial charge on any atom is 0.262 e. The van der Waals surface area contributed by atoms with E-state index in [4.69, 9.17) is 11.6 Å². The van der Waals surface area contributed by atoms with Gasteiger partial charge < -0.3 is 0 Å². The first-order valence-electron chi connectivity index (χ1n) is 4.73. The molecule has 2 heterocycles. The van der Waals surface area contributed by atoms with Crippen molar-refractivity contribution in [1.82, 2.24) is 4.98 Å². The largest absolute Gasteiger partial charge is 0.275 e. The minimum absolute atomic E-state index is 0.424. The molecule has 0 saturated carbocycles. The molecule has 3 rings (SSSR count). The zero-order valence-corrected chi connectivity index (χ0v) is 9.68. The van der Waals surface area contributed by atoms with Crippen molar-refractivity contribution in [2.24, 2.45) is 0 Å². The number of carbonyl (C=O) groups excluding carboxylic acids is 1. The highest BCUT2D eigenvalue weighted by Gasteiger charge is 2.09. The Kier molecular flexibility index (Phi) is 2.16. The van der Waals surface area contributed by atoms with Crippen molar-refractivity contribution in [2.45, 2.75) is 0 Å². The zero-order chi connectivity index (χ0) is 11.1. The molecule has 0 aliphatic heterocycles. The number of carbonyl (C=O) groups is 1. The Hall–Kier alpha value is -1.45. The topological polar surface area (TPSA) is 30.0 Å². The van der Waals surface area contributed by atoms with Crippen LogP contribution in [-0.4, -0.2) is 10.2 Å². The van der Waals surface area contributed by atoms with Gasteiger partial charge in [-0.15, -0.1) is 11.3 Å². The number of fused-ring (bicyclic) bond motifs is 2. The van der Waals surface area contributed by atoms with E-state index < -0.39 is 5.24 Å². The predicted octanol–water partition coefficient (Wildman–Crippen LogP) is 3.83. The molecule has 0 unspecified atom stereocenters. The van der Waals surface area contributed by atoms with Crippen molar-refractivity contribution in [3.8, 4) is 0 Å². The second-order valence-electron chi connectivity index (χ2n) is 3.46. The molecule has 0 fully saturated rings. The molecule has 78 valence electrons. The van der Waals surface area contributed by atoms with Crippen LogP contribution in [0.5, 0.6) is 0 Å². The molecule has 0 saturated heterocycles. The maximum atomic E-state index is 11.1. The van der Waals surface area contributed by atoms with E-state index in [0.717, 1.165) is 21.1 Å². The summed E-state index contributed by atoms with van der Waals surface area (Å²) in [6.07, 6.45) is 0. The summed E-state index contributed by atoms with van der Waals surface area (Å²) in [5.41, 5.74) is 0.936. The highest BCUT2D eigenvalue weighted by Crippen LogP contribution is 2.28. The molecule has 0 aliphatic carbocycles. The van der Waals surface area contributed by atoms with Crippen LogP contribution in [0.1, 0.15) is 9.67 Å². The Morgan fingerprint density at radius 1 is 1.19 bits per heavy atom. The number of benzene rings is 1. The Bertz CT molecular complexity index is 652. The third kappa shape index (κ3) is 1.49. The van der Waals surface area contributed by atoms with Crippen LogP contribution in [0.15, 0.2) is 36.4 Å². The van der Waals surface area contributed by atoms with Crippen LogP contribution < -0.4 is 0 Å². The van der Waals surface area contributed by atoms with Gasteiger partial charge in [-0.1, -0.05) is 18.2 Å². The van der Waals surface area contributed by atoms with Gasteiger partial charge in [0.05, 0.1) is 10.4 Å². The lowest BCUT2D eigenvalue weighted by Crippen LogP contribution is -1.78. The van der Waals surface area contributed by atoms with Gasteiger partial charge in [-0.2, -0.15) is 0 Å². The maximum absolute atomic E-state index is 11.1. The fourth-order valence-electron chi connectivity index (χ4n) is 1.67. The molecule has 0 N–H and O–H groups in total. The molecule has 4 heteroatoms. The van der Waals surface area contributed by atoms with Gasteiger partial charge in [0.15, 0.2) is 0 Å². The van der Waals surface area contributed by atoms with Gasteiger partial charge in [-0.25, -0.2) is 4.98 Å². The highest BCUT2D eigenvalue weighted by molar-refractivity contribution is 7.21. The van der Waals surface area contributed by atoms with Gasteiger partial charge in [-0.05, 0) is 29.8 Å². The molecule has 1 aromatic carbocycles. The van der Waals surface area contributed by atoms with Crippen LogP contribution >= 0.6 is 22.9 Å². The average Bonchev–Trinajstić information content (AvgIpc) is 2.68. The van der Waals surface area contributed by atoms with Gasteiger partial charge in [0.2, 0.25) is 0 Å². The number of aromatic nitrogens is 1. The summed E-state index contributed by atoms with van der Waals surface area (Å²) in [4.78, 5) is 16.9. The van der Waals surface area contributed by atoms with E-state index in [-0.39, 0.29) is 0 Å². The molecule has 3 aromatic rings. The van der Waals surface area contributed by atoms with Crippen LogP contribution in [0, 0.1) is 0 Å². The van der Waals surface area contributed by atoms with Crippen LogP contribution in [-0.2, 0) is 0 Å². The second-order valence-corrected chi connectivity index (χ2v) is 4.83. The highest BCUT2D eigenvalue weighted by atomic mass is 35.5. The molecule has 16 heavy (non-hydrogen) atoms. The number of rotatable bonds is 1. The van der Waals surface area contributed by atoms with E-state index >= 15 is 0 Å². The number of pyridine rings is 1. The molecule has 2 nitrogen and oxygen atoms in total. The summed E-state index contributed by atoms with van der Waals surface area (Å²) in [7, 11) is 0. The van der Waals surface area contributed by atoms with E-state index in [1.807, 2.05) is 30.3 Å². The standard InChI is InChI=1S/C12H6ClNOS/c13-11(15)10-6-8-5-7-3-1-2-4-9(7)14-12(8)16-10/h1-6H. The Morgan fingerprint density at radius 3 is 2.81 bits per heavy atom. The SMILES string of the molecule is O=C(Cl)c1cc2cc3ccccc3nc2s1. The summed E-state index contributed by atoms with van der Waals surface area (Å²) in [5, 5.41) is 1.61. The summed E-state index contributed by atoms with van der Waals surface area (Å²) in [6.45, 7) is 0. The number of hydrogen-bond acceptors (Lipinski definition) is 3. The normalized spacial score (nSPS) is 11.1. The second kappa shape index (κ2) is 3.54. The third-order valence-corrected chi connectivity index (χ3v) is 3.76. The molecule has 0 aliphatic rings. The van der Waals surface area contributed by atoms with Gasteiger partial charge in [0, 0.05) is 10.8 Å². The van der Waals surface area contributed by atoms with Crippen molar-refractivity contribution in [3.63, 3.8) is 0 Å². The van der Waals surface area contributed by atoms with E-state index in [9.17, 15) is 4.79 Å². The smallest absolute Gasteiger partial charge is 0.262 e. The van der Waals surface area contributed by atoms with Crippen LogP contribution in [0.2, 0.25) is 0 Å². The number of para-hydroxylation sites is 1. The first-order valence-corrected chi connectivity index (χ1v) is 5.93. The van der Waals surface area contributed by atoms with Gasteiger partial charge in [0.25, 0.3) is 5.24 Å². The Labute approximate surface area is 100 Å². The third-order valence-electron chi connectivity index (χ3n) is 2.40. The van der Waals surface area contributed by atoms with Crippen molar-refractivity contribution in [3.05, 3.63) is 41.3 Å². The minimum Gasteiger partial charge on any atom is -0.275 e. The van der Waals surface area contributed by atoms with Crippen molar-refractivity contribution < 1.29 is 4.79 Å². The average molecular weight is 248 g/mol. The van der Waals surface area contributed by atoms with Crippen LogP contribution in [0.4, 0.5) is 0 Å². The molecule has 2 aromatic heterocycles. The van der Waals surface area contributed by atoms with E-state index in [1.165, 1.54) is 11.3 Å². The summed E-state index contributed by atoms with van der Waals surface area (Å²) >= 11 is 6.78. The van der Waals surface area contributed by atoms with Gasteiger partial charge in [-0.3, -0.25) is 4.79 Å². The molecular weight excluding hydrogens is 242 g/mol. The molecule has 0 atom stereocenters. The lowest BCUT2D eigenvalue weighted by Gasteiger charge is -1.95. The summed E-state index contributed by atoms with van der Waals surface area (Å²) < 4.78 is 0. The lowest BCUT2D eigenvalue weighted by molar-refractivity contribution is 0.108. The Morgan fingerprint density at radius 2 is 2.00 bits per heavy atom. The summed E-state index contributed by atoms with van der Waals surface area (Å²) in [6, 6.07) is 11.7. The fourth-order valence-corrected chi connectivity index (χ4v) is 2.70. The number of nitrogens with zero attached hydrogens (tertiary/aromatic N) is 1. The van der Waals surface area contributed by atoms with Gasteiger partial charge >= 0.3 is 0 Å². The quantitative estimate of drug-likeness (QED) is 0.612. The van der Waals surface area contributed by atoms with E-state index in [2.05, 4.69) is 4.98 Å². The number of thiophene rings is 1. The number of halogens is 1. The predicted molar refractivity (Wildman–Crippen MR) is 67.3 cm³/mol. The molecule has 0 spiro atoms. The first kappa shape index (κ1) is 9.75. The zero-order valence-electron chi connectivity index (χ0n) is 8.11. The van der Waals surface area contributed by atoms with Crippen LogP contribution in [0.25, 0.3) is 21.1 Å². The monoisotopic (exact) mass is 247 g/mol. The van der Waals surface area contributed by atoms with Crippen molar-refractivity contribution >= 4 is 49.3 Å². The fraction of sp³-hybridized carbons (Fsp3) is 0. The first-order chi connectivity index (χ1) is 7.74. The number of hydrogen-bond donors (Lipinski definition) is 0. The van der Waals surface area contributed by atoms with E-state index in [0.29, 0.717) is 4.88 Å². The van der Waals surface area contributed by atoms with Crippen molar-refractivity contribution in [1.29, 1.82) is 0 Å².